The summed E-state index contributed by atoms with van der Waals surface area (Å²) in [5.74, 6) is -1.43. The Labute approximate surface area is 215 Å². The SMILES string of the molecule is NS(=O)(=O)c1ccc(N2C(=O)CC(N(Cc3cccs3)S(=O)(=O)c3cc(Cl)ccc3Cl)C2=O)cc1. The van der Waals surface area contributed by atoms with Crippen LogP contribution < -0.4 is 10.0 Å². The summed E-state index contributed by atoms with van der Waals surface area (Å²) >= 11 is 13.5. The number of amides is 2. The smallest absolute Gasteiger partial charge is 0.252 e. The van der Waals surface area contributed by atoms with Crippen molar-refractivity contribution < 1.29 is 26.4 Å². The predicted octanol–water partition coefficient (Wildman–Crippen LogP) is 3.23. The molecule has 2 heterocycles. The van der Waals surface area contributed by atoms with E-state index >= 15 is 0 Å². The average Bonchev–Trinajstić information content (AvgIpc) is 3.40. The average molecular weight is 574 g/mol. The lowest BCUT2D eigenvalue weighted by Crippen LogP contribution is -2.45. The number of carbonyl (C=O) groups is 2. The van der Waals surface area contributed by atoms with E-state index in [1.165, 1.54) is 41.7 Å². The molecule has 0 saturated carbocycles. The summed E-state index contributed by atoms with van der Waals surface area (Å²) in [5.41, 5.74) is 0.0872. The molecule has 0 aliphatic carbocycles. The van der Waals surface area contributed by atoms with Crippen LogP contribution in [0, 0.1) is 0 Å². The fourth-order valence-corrected chi connectivity index (χ4v) is 7.22. The molecule has 184 valence electrons. The maximum atomic E-state index is 13.7. The van der Waals surface area contributed by atoms with Crippen molar-refractivity contribution in [1.82, 2.24) is 4.31 Å². The van der Waals surface area contributed by atoms with Crippen molar-refractivity contribution in [2.75, 3.05) is 4.90 Å². The van der Waals surface area contributed by atoms with Gasteiger partial charge in [0.05, 0.1) is 22.0 Å². The van der Waals surface area contributed by atoms with Crippen LogP contribution in [0.15, 0.2) is 69.8 Å². The molecular weight excluding hydrogens is 557 g/mol. The van der Waals surface area contributed by atoms with Crippen molar-refractivity contribution in [1.29, 1.82) is 0 Å². The summed E-state index contributed by atoms with van der Waals surface area (Å²) in [6, 6.07) is 10.9. The summed E-state index contributed by atoms with van der Waals surface area (Å²) in [7, 11) is -8.35. The zero-order chi connectivity index (χ0) is 25.5. The number of benzene rings is 2. The van der Waals surface area contributed by atoms with Crippen molar-refractivity contribution in [3.05, 3.63) is 74.9 Å². The van der Waals surface area contributed by atoms with Gasteiger partial charge in [-0.1, -0.05) is 29.3 Å². The van der Waals surface area contributed by atoms with Gasteiger partial charge in [-0.15, -0.1) is 11.3 Å². The standard InChI is InChI=1S/C21H17Cl2N3O6S3/c22-13-3-8-17(23)19(10-13)35(31,32)25(12-15-2-1-9-33-15)18-11-20(27)26(21(18)28)14-4-6-16(7-5-14)34(24,29)30/h1-10,18H,11-12H2,(H2,24,29,30). The minimum absolute atomic E-state index is 0.0854. The van der Waals surface area contributed by atoms with Gasteiger partial charge in [-0.05, 0) is 53.9 Å². The van der Waals surface area contributed by atoms with E-state index in [4.69, 9.17) is 28.3 Å². The first-order valence-corrected chi connectivity index (χ1v) is 14.5. The molecular formula is C21H17Cl2N3O6S3. The van der Waals surface area contributed by atoms with E-state index in [1.54, 1.807) is 17.5 Å². The van der Waals surface area contributed by atoms with Gasteiger partial charge in [0.1, 0.15) is 10.9 Å². The van der Waals surface area contributed by atoms with Crippen LogP contribution in [0.5, 0.6) is 0 Å². The molecule has 2 amide bonds. The minimum atomic E-state index is -4.37. The van der Waals surface area contributed by atoms with Crippen molar-refractivity contribution in [3.63, 3.8) is 0 Å². The van der Waals surface area contributed by atoms with E-state index in [-0.39, 0.29) is 32.1 Å². The normalized spacial score (nSPS) is 16.9. The van der Waals surface area contributed by atoms with Crippen LogP contribution in [0.2, 0.25) is 10.0 Å². The monoisotopic (exact) mass is 573 g/mol. The Bertz CT molecular complexity index is 1510. The number of sulfonamides is 2. The third kappa shape index (κ3) is 5.14. The van der Waals surface area contributed by atoms with E-state index in [2.05, 4.69) is 0 Å². The van der Waals surface area contributed by atoms with Gasteiger partial charge >= 0.3 is 0 Å². The number of primary sulfonamides is 1. The van der Waals surface area contributed by atoms with Crippen LogP contribution in [-0.4, -0.2) is 39.0 Å². The molecule has 2 N–H and O–H groups in total. The molecule has 14 heteroatoms. The first-order chi connectivity index (χ1) is 16.4. The Hall–Kier alpha value is -2.32. The molecule has 1 saturated heterocycles. The Kier molecular flexibility index (Phi) is 7.08. The molecule has 1 fully saturated rings. The molecule has 9 nitrogen and oxygen atoms in total. The Balaban J connectivity index is 1.75. The largest absolute Gasteiger partial charge is 0.274 e. The lowest BCUT2D eigenvalue weighted by atomic mass is 10.2. The number of nitrogens with two attached hydrogens (primary N) is 1. The molecule has 1 aromatic heterocycles. The van der Waals surface area contributed by atoms with Crippen LogP contribution in [0.1, 0.15) is 11.3 Å². The number of imide groups is 1. The maximum absolute atomic E-state index is 13.7. The first kappa shape index (κ1) is 25.8. The summed E-state index contributed by atoms with van der Waals surface area (Å²) in [6.45, 7) is -0.176. The second-order valence-corrected chi connectivity index (χ2v) is 12.8. The van der Waals surface area contributed by atoms with Crippen LogP contribution in [0.3, 0.4) is 0 Å². The molecule has 2 aromatic carbocycles. The van der Waals surface area contributed by atoms with Crippen molar-refractivity contribution in [2.45, 2.75) is 28.8 Å². The fourth-order valence-electron chi connectivity index (χ4n) is 3.62. The number of anilines is 1. The van der Waals surface area contributed by atoms with Crippen LogP contribution in [0.25, 0.3) is 0 Å². The van der Waals surface area contributed by atoms with E-state index in [0.717, 1.165) is 21.3 Å². The molecule has 0 radical (unpaired) electrons. The molecule has 1 aliphatic heterocycles. The zero-order valence-electron chi connectivity index (χ0n) is 17.7. The third-order valence-corrected chi connectivity index (χ3v) is 9.63. The van der Waals surface area contributed by atoms with Gasteiger partial charge in [-0.2, -0.15) is 4.31 Å². The highest BCUT2D eigenvalue weighted by Gasteiger charge is 2.47. The van der Waals surface area contributed by atoms with E-state index < -0.39 is 44.3 Å². The molecule has 0 spiro atoms. The molecule has 4 rings (SSSR count). The van der Waals surface area contributed by atoms with Gasteiger partial charge in [0.2, 0.25) is 26.0 Å². The van der Waals surface area contributed by atoms with Gasteiger partial charge in [0, 0.05) is 16.4 Å². The number of carbonyl (C=O) groups excluding carboxylic acids is 2. The summed E-state index contributed by atoms with van der Waals surface area (Å²) in [6.07, 6.45) is -0.418. The number of nitrogens with zero attached hydrogens (tertiary/aromatic N) is 2. The minimum Gasteiger partial charge on any atom is -0.274 e. The molecule has 1 unspecified atom stereocenters. The summed E-state index contributed by atoms with van der Waals surface area (Å²) < 4.78 is 51.4. The molecule has 35 heavy (non-hydrogen) atoms. The van der Waals surface area contributed by atoms with E-state index in [1.807, 2.05) is 0 Å². The number of halogens is 2. The highest BCUT2D eigenvalue weighted by Crippen LogP contribution is 2.34. The van der Waals surface area contributed by atoms with Gasteiger partial charge in [0.25, 0.3) is 5.91 Å². The molecule has 0 bridgehead atoms. The predicted molar refractivity (Wildman–Crippen MR) is 132 cm³/mol. The number of hydrogen-bond donors (Lipinski definition) is 1. The van der Waals surface area contributed by atoms with Crippen LogP contribution in [-0.2, 0) is 36.2 Å². The second-order valence-electron chi connectivity index (χ2n) is 7.53. The van der Waals surface area contributed by atoms with Crippen molar-refractivity contribution >= 4 is 72.1 Å². The molecule has 1 aliphatic rings. The van der Waals surface area contributed by atoms with Gasteiger partial charge in [-0.3, -0.25) is 9.59 Å². The number of rotatable bonds is 7. The van der Waals surface area contributed by atoms with Gasteiger partial charge in [0.15, 0.2) is 0 Å². The number of thiophene rings is 1. The van der Waals surface area contributed by atoms with Crippen LogP contribution >= 0.6 is 34.5 Å². The van der Waals surface area contributed by atoms with Crippen molar-refractivity contribution in [3.8, 4) is 0 Å². The zero-order valence-corrected chi connectivity index (χ0v) is 21.6. The topological polar surface area (TPSA) is 135 Å². The second kappa shape index (κ2) is 9.62. The van der Waals surface area contributed by atoms with Crippen molar-refractivity contribution in [2.24, 2.45) is 5.14 Å². The highest BCUT2D eigenvalue weighted by atomic mass is 35.5. The third-order valence-electron chi connectivity index (χ3n) is 5.27. The summed E-state index contributed by atoms with van der Waals surface area (Å²) in [4.78, 5) is 27.2. The highest BCUT2D eigenvalue weighted by molar-refractivity contribution is 7.89. The molecule has 3 aromatic rings. The Morgan fingerprint density at radius 1 is 1.03 bits per heavy atom. The van der Waals surface area contributed by atoms with Gasteiger partial charge < -0.3 is 0 Å². The quantitative estimate of drug-likeness (QED) is 0.431. The Morgan fingerprint density at radius 3 is 2.31 bits per heavy atom. The van der Waals surface area contributed by atoms with Gasteiger partial charge in [-0.25, -0.2) is 26.9 Å². The fraction of sp³-hybridized carbons (Fsp3) is 0.143. The lowest BCUT2D eigenvalue weighted by molar-refractivity contribution is -0.122. The first-order valence-electron chi connectivity index (χ1n) is 9.88. The van der Waals surface area contributed by atoms with E-state index in [0.29, 0.717) is 4.88 Å². The molecule has 1 atom stereocenters. The Morgan fingerprint density at radius 2 is 1.71 bits per heavy atom. The summed E-state index contributed by atoms with van der Waals surface area (Å²) in [5, 5.41) is 6.90. The lowest BCUT2D eigenvalue weighted by Gasteiger charge is -2.27. The van der Waals surface area contributed by atoms with E-state index in [9.17, 15) is 26.4 Å². The number of hydrogen-bond acceptors (Lipinski definition) is 7. The maximum Gasteiger partial charge on any atom is 0.252 e. The van der Waals surface area contributed by atoms with Crippen LogP contribution in [0.4, 0.5) is 5.69 Å².